The van der Waals surface area contributed by atoms with Gasteiger partial charge in [-0.25, -0.2) is 9.69 Å². The number of ether oxygens (including phenoxy) is 2. The van der Waals surface area contributed by atoms with Gasteiger partial charge in [-0.05, 0) is 25.0 Å². The Bertz CT molecular complexity index is 570. The summed E-state index contributed by atoms with van der Waals surface area (Å²) in [6, 6.07) is 3.25. The molecule has 22 heavy (non-hydrogen) atoms. The Balaban J connectivity index is 2.29. The summed E-state index contributed by atoms with van der Waals surface area (Å²) < 4.78 is 11.1. The molecule has 2 rings (SSSR count). The van der Waals surface area contributed by atoms with E-state index in [1.807, 2.05) is 0 Å². The molecule has 0 aromatic heterocycles. The van der Waals surface area contributed by atoms with Gasteiger partial charge in [0.1, 0.15) is 0 Å². The Morgan fingerprint density at radius 1 is 1.36 bits per heavy atom. The van der Waals surface area contributed by atoms with Crippen molar-refractivity contribution in [2.75, 3.05) is 20.3 Å². The van der Waals surface area contributed by atoms with Crippen molar-refractivity contribution in [1.29, 1.82) is 0 Å². The van der Waals surface area contributed by atoms with Gasteiger partial charge in [-0.15, -0.1) is 0 Å². The molecule has 1 N–H and O–H groups in total. The molecule has 0 aliphatic carbocycles. The number of carbonyl (C=O) groups excluding carboxylic acids is 1. The van der Waals surface area contributed by atoms with E-state index >= 15 is 0 Å². The second kappa shape index (κ2) is 7.15. The Labute approximate surface area is 129 Å². The summed E-state index contributed by atoms with van der Waals surface area (Å²) in [5, 5.41) is 9.05. The minimum atomic E-state index is -1.23. The number of carbonyl (C=O) groups is 2. The van der Waals surface area contributed by atoms with Gasteiger partial charge >= 0.3 is 6.09 Å². The molecule has 1 heterocycles. The molecule has 2 amide bonds. The summed E-state index contributed by atoms with van der Waals surface area (Å²) in [5.74, 6) is 0.635. The number of hydrogen-bond donors (Lipinski definition) is 1. The molecule has 0 saturated carbocycles. The summed E-state index contributed by atoms with van der Waals surface area (Å²) in [6.07, 6.45) is 2.31. The van der Waals surface area contributed by atoms with E-state index in [0.29, 0.717) is 30.1 Å². The van der Waals surface area contributed by atoms with Crippen molar-refractivity contribution in [2.45, 2.75) is 32.6 Å². The Hall–Kier alpha value is -2.24. The van der Waals surface area contributed by atoms with Crippen LogP contribution >= 0.6 is 0 Å². The van der Waals surface area contributed by atoms with E-state index in [9.17, 15) is 9.59 Å². The van der Waals surface area contributed by atoms with Crippen LogP contribution in [-0.4, -0.2) is 42.3 Å². The number of hydrogen-bond acceptors (Lipinski definition) is 4. The maximum Gasteiger partial charge on any atom is 0.414 e. The van der Waals surface area contributed by atoms with Gasteiger partial charge in [0, 0.05) is 17.7 Å². The Morgan fingerprint density at radius 2 is 2.14 bits per heavy atom. The Morgan fingerprint density at radius 3 is 2.77 bits per heavy atom. The van der Waals surface area contributed by atoms with Crippen molar-refractivity contribution in [3.05, 3.63) is 23.3 Å². The molecular formula is C16H21NO5. The lowest BCUT2D eigenvalue weighted by Gasteiger charge is -2.26. The fraction of sp³-hybridized carbons (Fsp3) is 0.500. The molecule has 0 radical (unpaired) electrons. The zero-order chi connectivity index (χ0) is 16.1. The van der Waals surface area contributed by atoms with Crippen LogP contribution in [0.2, 0.25) is 0 Å². The highest BCUT2D eigenvalue weighted by Crippen LogP contribution is 2.36. The van der Waals surface area contributed by atoms with Crippen molar-refractivity contribution in [3.63, 3.8) is 0 Å². The number of fused-ring (bicyclic) bond motifs is 1. The van der Waals surface area contributed by atoms with Gasteiger partial charge in [0.15, 0.2) is 11.5 Å². The summed E-state index contributed by atoms with van der Waals surface area (Å²) in [6.45, 7) is 2.81. The van der Waals surface area contributed by atoms with Gasteiger partial charge in [-0.3, -0.25) is 4.79 Å². The third-order valence-corrected chi connectivity index (χ3v) is 3.73. The normalized spacial score (nSPS) is 13.7. The summed E-state index contributed by atoms with van der Waals surface area (Å²) in [7, 11) is 1.55. The first kappa shape index (κ1) is 16.1. The van der Waals surface area contributed by atoms with Gasteiger partial charge in [0.25, 0.3) is 5.91 Å². The van der Waals surface area contributed by atoms with Crippen LogP contribution in [0.5, 0.6) is 11.5 Å². The van der Waals surface area contributed by atoms with Gasteiger partial charge in [-0.2, -0.15) is 0 Å². The first-order chi connectivity index (χ1) is 10.6. The molecule has 0 bridgehead atoms. The molecule has 1 aromatic carbocycles. The zero-order valence-corrected chi connectivity index (χ0v) is 12.9. The molecular weight excluding hydrogens is 286 g/mol. The van der Waals surface area contributed by atoms with E-state index in [0.717, 1.165) is 29.7 Å². The predicted molar refractivity (Wildman–Crippen MR) is 80.8 cm³/mol. The van der Waals surface area contributed by atoms with Crippen molar-refractivity contribution in [2.24, 2.45) is 0 Å². The second-order valence-electron chi connectivity index (χ2n) is 5.17. The standard InChI is InChI=1S/C16H21NO5/c1-3-4-5-10-22-14-11-8-9-17(16(19)20)15(18)12(11)6-7-13(14)21-2/h6-7H,3-5,8-10H2,1-2H3,(H,19,20). The number of unbranched alkanes of at least 4 members (excludes halogenated alkanes) is 2. The maximum atomic E-state index is 12.2. The molecule has 1 aliphatic rings. The fourth-order valence-electron chi connectivity index (χ4n) is 2.55. The largest absolute Gasteiger partial charge is 0.493 e. The highest BCUT2D eigenvalue weighted by molar-refractivity contribution is 6.05. The number of nitrogens with zero attached hydrogens (tertiary/aromatic N) is 1. The van der Waals surface area contributed by atoms with Gasteiger partial charge in [-0.1, -0.05) is 19.8 Å². The van der Waals surface area contributed by atoms with E-state index in [-0.39, 0.29) is 6.54 Å². The monoisotopic (exact) mass is 307 g/mol. The average Bonchev–Trinajstić information content (AvgIpc) is 2.51. The smallest absolute Gasteiger partial charge is 0.414 e. The molecule has 1 aliphatic heterocycles. The molecule has 0 spiro atoms. The van der Waals surface area contributed by atoms with Crippen molar-refractivity contribution in [1.82, 2.24) is 4.90 Å². The molecule has 120 valence electrons. The topological polar surface area (TPSA) is 76.1 Å². The molecule has 0 fully saturated rings. The van der Waals surface area contributed by atoms with Crippen LogP contribution in [0.4, 0.5) is 4.79 Å². The predicted octanol–water partition coefficient (Wildman–Crippen LogP) is 2.94. The third kappa shape index (κ3) is 3.16. The van der Waals surface area contributed by atoms with Crippen LogP contribution in [0.25, 0.3) is 0 Å². The first-order valence-corrected chi connectivity index (χ1v) is 7.47. The minimum Gasteiger partial charge on any atom is -0.493 e. The van der Waals surface area contributed by atoms with Crippen LogP contribution < -0.4 is 9.47 Å². The van der Waals surface area contributed by atoms with Crippen LogP contribution in [-0.2, 0) is 6.42 Å². The molecule has 6 nitrogen and oxygen atoms in total. The summed E-state index contributed by atoms with van der Waals surface area (Å²) in [4.78, 5) is 24.1. The summed E-state index contributed by atoms with van der Waals surface area (Å²) >= 11 is 0. The number of amides is 2. The quantitative estimate of drug-likeness (QED) is 0.818. The van der Waals surface area contributed by atoms with E-state index in [1.165, 1.54) is 0 Å². The van der Waals surface area contributed by atoms with E-state index < -0.39 is 12.0 Å². The van der Waals surface area contributed by atoms with Crippen LogP contribution in [0, 0.1) is 0 Å². The number of rotatable bonds is 6. The van der Waals surface area contributed by atoms with Gasteiger partial charge in [0.2, 0.25) is 0 Å². The SMILES string of the molecule is CCCCCOc1c(OC)ccc2c1CCN(C(=O)O)C2=O. The van der Waals surface area contributed by atoms with Crippen molar-refractivity contribution < 1.29 is 24.2 Å². The number of imide groups is 1. The lowest BCUT2D eigenvalue weighted by molar-refractivity contribution is 0.0725. The lowest BCUT2D eigenvalue weighted by Crippen LogP contribution is -2.41. The third-order valence-electron chi connectivity index (χ3n) is 3.73. The molecule has 6 heteroatoms. The van der Waals surface area contributed by atoms with Crippen LogP contribution in [0.3, 0.4) is 0 Å². The zero-order valence-electron chi connectivity index (χ0n) is 12.9. The van der Waals surface area contributed by atoms with Crippen LogP contribution in [0.1, 0.15) is 42.1 Å². The van der Waals surface area contributed by atoms with E-state index in [1.54, 1.807) is 19.2 Å². The maximum absolute atomic E-state index is 12.2. The highest BCUT2D eigenvalue weighted by Gasteiger charge is 2.31. The average molecular weight is 307 g/mol. The number of methoxy groups -OCH3 is 1. The van der Waals surface area contributed by atoms with Crippen molar-refractivity contribution in [3.8, 4) is 11.5 Å². The number of benzene rings is 1. The molecule has 0 saturated heterocycles. The van der Waals surface area contributed by atoms with Crippen molar-refractivity contribution >= 4 is 12.0 Å². The minimum absolute atomic E-state index is 0.139. The fourth-order valence-corrected chi connectivity index (χ4v) is 2.55. The molecule has 1 aromatic rings. The Kier molecular flexibility index (Phi) is 5.25. The van der Waals surface area contributed by atoms with Gasteiger partial charge in [0.05, 0.1) is 13.7 Å². The highest BCUT2D eigenvalue weighted by atomic mass is 16.5. The number of carboxylic acid groups (broad SMARTS) is 1. The van der Waals surface area contributed by atoms with E-state index in [4.69, 9.17) is 14.6 Å². The summed E-state index contributed by atoms with van der Waals surface area (Å²) in [5.41, 5.74) is 1.11. The molecule has 0 atom stereocenters. The van der Waals surface area contributed by atoms with Gasteiger partial charge < -0.3 is 14.6 Å². The molecule has 0 unspecified atom stereocenters. The lowest BCUT2D eigenvalue weighted by atomic mass is 9.97. The second-order valence-corrected chi connectivity index (χ2v) is 5.17. The first-order valence-electron chi connectivity index (χ1n) is 7.47. The van der Waals surface area contributed by atoms with E-state index in [2.05, 4.69) is 6.92 Å². The van der Waals surface area contributed by atoms with Crippen LogP contribution in [0.15, 0.2) is 12.1 Å².